The van der Waals surface area contributed by atoms with Gasteiger partial charge in [0.1, 0.15) is 12.3 Å². The first-order chi connectivity index (χ1) is 13.6. The standard InChI is InChI=1S/C20H22N4O4/c25-18(13-24-20(27)15-7-2-1-6-14(15)19(26)22-24)21-12-16(17-8-5-11-28-17)23-9-3-4-10-23/h1-2,5-8,11,16H,3-4,9-10,12-13H2,(H,21,25)(H,22,26)/t16-/m1/s1. The van der Waals surface area contributed by atoms with Crippen LogP contribution < -0.4 is 16.4 Å². The van der Waals surface area contributed by atoms with Gasteiger partial charge < -0.3 is 9.73 Å². The van der Waals surface area contributed by atoms with Gasteiger partial charge in [-0.05, 0) is 50.2 Å². The van der Waals surface area contributed by atoms with Crippen molar-refractivity contribution in [3.63, 3.8) is 0 Å². The van der Waals surface area contributed by atoms with Gasteiger partial charge in [-0.15, -0.1) is 0 Å². The van der Waals surface area contributed by atoms with Crippen molar-refractivity contribution in [3.05, 3.63) is 69.1 Å². The fourth-order valence-corrected chi connectivity index (χ4v) is 3.71. The molecule has 1 aromatic carbocycles. The highest BCUT2D eigenvalue weighted by Crippen LogP contribution is 2.24. The number of nitrogens with zero attached hydrogens (tertiary/aromatic N) is 2. The number of benzene rings is 1. The number of carbonyl (C=O) groups excluding carboxylic acids is 1. The Kier molecular flexibility index (Phi) is 5.12. The van der Waals surface area contributed by atoms with Crippen molar-refractivity contribution in [2.45, 2.75) is 25.4 Å². The van der Waals surface area contributed by atoms with Gasteiger partial charge in [-0.2, -0.15) is 0 Å². The first kappa shape index (κ1) is 18.2. The van der Waals surface area contributed by atoms with Crippen LogP contribution in [0, 0.1) is 0 Å². The van der Waals surface area contributed by atoms with E-state index < -0.39 is 11.1 Å². The Bertz CT molecular complexity index is 1080. The number of furan rings is 1. The number of nitrogens with one attached hydrogen (secondary N) is 2. The number of fused-ring (bicyclic) bond motifs is 1. The van der Waals surface area contributed by atoms with Gasteiger partial charge >= 0.3 is 0 Å². The quantitative estimate of drug-likeness (QED) is 0.668. The predicted molar refractivity (Wildman–Crippen MR) is 104 cm³/mol. The summed E-state index contributed by atoms with van der Waals surface area (Å²) in [6.07, 6.45) is 3.87. The van der Waals surface area contributed by atoms with Gasteiger partial charge in [0.05, 0.1) is 23.1 Å². The monoisotopic (exact) mass is 382 g/mol. The van der Waals surface area contributed by atoms with Crippen molar-refractivity contribution >= 4 is 16.7 Å². The van der Waals surface area contributed by atoms with Gasteiger partial charge in [0, 0.05) is 6.54 Å². The number of hydrogen-bond donors (Lipinski definition) is 2. The molecule has 2 aromatic heterocycles. The second-order valence-electron chi connectivity index (χ2n) is 6.96. The van der Waals surface area contributed by atoms with Crippen LogP contribution in [0.5, 0.6) is 0 Å². The fourth-order valence-electron chi connectivity index (χ4n) is 3.71. The van der Waals surface area contributed by atoms with Crippen LogP contribution in [-0.2, 0) is 11.3 Å². The molecule has 3 aromatic rings. The van der Waals surface area contributed by atoms with E-state index in [-0.39, 0.29) is 18.5 Å². The largest absolute Gasteiger partial charge is 0.468 e. The SMILES string of the molecule is O=C(Cn1[nH]c(=O)c2ccccc2c1=O)NC[C@H](c1ccco1)N1CCCC1. The van der Waals surface area contributed by atoms with Crippen molar-refractivity contribution in [1.29, 1.82) is 0 Å². The molecule has 8 nitrogen and oxygen atoms in total. The maximum atomic E-state index is 12.5. The fraction of sp³-hybridized carbons (Fsp3) is 0.350. The summed E-state index contributed by atoms with van der Waals surface area (Å²) in [7, 11) is 0. The number of amides is 1. The minimum absolute atomic E-state index is 0.0474. The molecule has 0 saturated carbocycles. The van der Waals surface area contributed by atoms with E-state index in [0.717, 1.165) is 36.4 Å². The van der Waals surface area contributed by atoms with Gasteiger partial charge in [-0.1, -0.05) is 12.1 Å². The van der Waals surface area contributed by atoms with E-state index in [1.807, 2.05) is 12.1 Å². The molecular weight excluding hydrogens is 360 g/mol. The molecule has 1 aliphatic rings. The number of aromatic amines is 1. The van der Waals surface area contributed by atoms with Gasteiger partial charge in [-0.3, -0.25) is 24.4 Å². The molecule has 0 aliphatic carbocycles. The van der Waals surface area contributed by atoms with Crippen molar-refractivity contribution in [2.24, 2.45) is 0 Å². The summed E-state index contributed by atoms with van der Waals surface area (Å²) in [4.78, 5) is 39.4. The van der Waals surface area contributed by atoms with Crippen LogP contribution in [0.15, 0.2) is 56.7 Å². The second-order valence-corrected chi connectivity index (χ2v) is 6.96. The van der Waals surface area contributed by atoms with E-state index in [2.05, 4.69) is 15.3 Å². The van der Waals surface area contributed by atoms with Crippen LogP contribution in [0.2, 0.25) is 0 Å². The summed E-state index contributed by atoms with van der Waals surface area (Å²) in [5.74, 6) is 0.460. The van der Waals surface area contributed by atoms with Crippen molar-refractivity contribution in [2.75, 3.05) is 19.6 Å². The highest BCUT2D eigenvalue weighted by molar-refractivity contribution is 5.81. The highest BCUT2D eigenvalue weighted by Gasteiger charge is 2.26. The van der Waals surface area contributed by atoms with Crippen LogP contribution in [0.3, 0.4) is 0 Å². The first-order valence-electron chi connectivity index (χ1n) is 9.39. The highest BCUT2D eigenvalue weighted by atomic mass is 16.3. The summed E-state index contributed by atoms with van der Waals surface area (Å²) >= 11 is 0. The molecule has 4 rings (SSSR count). The van der Waals surface area contributed by atoms with Crippen LogP contribution >= 0.6 is 0 Å². The number of hydrogen-bond acceptors (Lipinski definition) is 5. The van der Waals surface area contributed by atoms with Crippen molar-refractivity contribution in [1.82, 2.24) is 20.0 Å². The zero-order valence-corrected chi connectivity index (χ0v) is 15.4. The molecule has 1 atom stereocenters. The summed E-state index contributed by atoms with van der Waals surface area (Å²) < 4.78 is 6.60. The van der Waals surface area contributed by atoms with E-state index in [1.165, 1.54) is 0 Å². The number of likely N-dealkylation sites (tertiary alicyclic amines) is 1. The molecule has 28 heavy (non-hydrogen) atoms. The lowest BCUT2D eigenvalue weighted by Crippen LogP contribution is -2.40. The van der Waals surface area contributed by atoms with E-state index in [0.29, 0.717) is 17.3 Å². The Balaban J connectivity index is 1.48. The molecule has 1 amide bonds. The lowest BCUT2D eigenvalue weighted by atomic mass is 10.2. The molecule has 146 valence electrons. The number of carbonyl (C=O) groups is 1. The second kappa shape index (κ2) is 7.85. The van der Waals surface area contributed by atoms with Crippen LogP contribution in [-0.4, -0.2) is 40.2 Å². The lowest BCUT2D eigenvalue weighted by molar-refractivity contribution is -0.122. The van der Waals surface area contributed by atoms with Crippen LogP contribution in [0.25, 0.3) is 10.8 Å². The first-order valence-corrected chi connectivity index (χ1v) is 9.39. The molecule has 0 radical (unpaired) electrons. The average molecular weight is 382 g/mol. The Morgan fingerprint density at radius 3 is 2.57 bits per heavy atom. The Morgan fingerprint density at radius 1 is 1.11 bits per heavy atom. The third-order valence-electron chi connectivity index (χ3n) is 5.13. The normalized spacial score (nSPS) is 15.7. The molecule has 0 bridgehead atoms. The minimum atomic E-state index is -0.396. The molecule has 0 spiro atoms. The minimum Gasteiger partial charge on any atom is -0.468 e. The number of H-pyrrole nitrogens is 1. The molecule has 8 heteroatoms. The van der Waals surface area contributed by atoms with E-state index in [9.17, 15) is 14.4 Å². The topological polar surface area (TPSA) is 100 Å². The molecule has 3 heterocycles. The molecule has 0 unspecified atom stereocenters. The van der Waals surface area contributed by atoms with E-state index in [4.69, 9.17) is 4.42 Å². The summed E-state index contributed by atoms with van der Waals surface area (Å²) in [6.45, 7) is 2.04. The Morgan fingerprint density at radius 2 is 1.86 bits per heavy atom. The van der Waals surface area contributed by atoms with Gasteiger partial charge in [0.2, 0.25) is 5.91 Å². The number of rotatable bonds is 6. The maximum Gasteiger partial charge on any atom is 0.273 e. The van der Waals surface area contributed by atoms with Crippen LogP contribution in [0.1, 0.15) is 24.6 Å². The smallest absolute Gasteiger partial charge is 0.273 e. The zero-order valence-electron chi connectivity index (χ0n) is 15.4. The summed E-state index contributed by atoms with van der Waals surface area (Å²) in [6, 6.07) is 10.2. The molecule has 1 aliphatic heterocycles. The van der Waals surface area contributed by atoms with Gasteiger partial charge in [0.25, 0.3) is 11.1 Å². The molecular formula is C20H22N4O4. The molecule has 1 fully saturated rings. The third kappa shape index (κ3) is 3.63. The number of aromatic nitrogens is 2. The summed E-state index contributed by atoms with van der Waals surface area (Å²) in [5.41, 5.74) is -0.791. The lowest BCUT2D eigenvalue weighted by Gasteiger charge is -2.26. The molecule has 2 N–H and O–H groups in total. The van der Waals surface area contributed by atoms with E-state index in [1.54, 1.807) is 30.5 Å². The maximum absolute atomic E-state index is 12.5. The van der Waals surface area contributed by atoms with Crippen molar-refractivity contribution in [3.8, 4) is 0 Å². The zero-order chi connectivity index (χ0) is 19.5. The predicted octanol–water partition coefficient (Wildman–Crippen LogP) is 1.24. The average Bonchev–Trinajstić information content (AvgIpc) is 3.41. The van der Waals surface area contributed by atoms with Gasteiger partial charge in [-0.25, -0.2) is 4.68 Å². The van der Waals surface area contributed by atoms with Gasteiger partial charge in [0.15, 0.2) is 0 Å². The Hall–Kier alpha value is -3.13. The third-order valence-corrected chi connectivity index (χ3v) is 5.13. The van der Waals surface area contributed by atoms with Crippen LogP contribution in [0.4, 0.5) is 0 Å². The van der Waals surface area contributed by atoms with Crippen molar-refractivity contribution < 1.29 is 9.21 Å². The van der Waals surface area contributed by atoms with E-state index >= 15 is 0 Å². The molecule has 1 saturated heterocycles. The summed E-state index contributed by atoms with van der Waals surface area (Å²) in [5, 5.41) is 5.96. The Labute approximate surface area is 160 Å².